The fraction of sp³-hybridized carbons (Fsp3) is 0.500. The first-order valence-corrected chi connectivity index (χ1v) is 5.44. The normalized spacial score (nSPS) is 13.1. The van der Waals surface area contributed by atoms with E-state index in [1.54, 1.807) is 13.2 Å². The van der Waals surface area contributed by atoms with Gasteiger partial charge in [-0.2, -0.15) is 0 Å². The van der Waals surface area contributed by atoms with Gasteiger partial charge in [0.05, 0.1) is 6.61 Å². The molecular formula is C12H18F2N2O. The number of nitrogens with zero attached hydrogens (tertiary/aromatic N) is 1. The maximum Gasteiger partial charge on any atom is 0.159 e. The van der Waals surface area contributed by atoms with Gasteiger partial charge in [-0.15, -0.1) is 0 Å². The highest BCUT2D eigenvalue weighted by Gasteiger charge is 2.16. The second-order valence-electron chi connectivity index (χ2n) is 3.90. The number of nitrogens with two attached hydrogens (primary N) is 1. The molecule has 0 radical (unpaired) electrons. The van der Waals surface area contributed by atoms with Crippen LogP contribution in [0, 0.1) is 11.6 Å². The zero-order valence-electron chi connectivity index (χ0n) is 10.1. The number of ether oxygens (including phenoxy) is 1. The van der Waals surface area contributed by atoms with Gasteiger partial charge in [0.2, 0.25) is 0 Å². The number of benzene rings is 1. The number of hydrogen-bond acceptors (Lipinski definition) is 3. The van der Waals surface area contributed by atoms with E-state index in [1.165, 1.54) is 6.07 Å². The Morgan fingerprint density at radius 1 is 1.35 bits per heavy atom. The molecule has 0 fully saturated rings. The lowest BCUT2D eigenvalue weighted by atomic mass is 10.1. The van der Waals surface area contributed by atoms with E-state index in [2.05, 4.69) is 0 Å². The fourth-order valence-corrected chi connectivity index (χ4v) is 1.68. The third-order valence-electron chi connectivity index (χ3n) is 2.73. The summed E-state index contributed by atoms with van der Waals surface area (Å²) < 4.78 is 30.9. The average Bonchev–Trinajstić information content (AvgIpc) is 2.32. The lowest BCUT2D eigenvalue weighted by Crippen LogP contribution is -2.33. The van der Waals surface area contributed by atoms with Crippen molar-refractivity contribution >= 4 is 0 Å². The maximum absolute atomic E-state index is 13.1. The van der Waals surface area contributed by atoms with E-state index in [1.807, 2.05) is 11.9 Å². The van der Waals surface area contributed by atoms with Gasteiger partial charge in [-0.3, -0.25) is 4.90 Å². The molecule has 0 aromatic heterocycles. The molecule has 2 N–H and O–H groups in total. The third kappa shape index (κ3) is 3.73. The van der Waals surface area contributed by atoms with Crippen molar-refractivity contribution in [3.63, 3.8) is 0 Å². The maximum atomic E-state index is 13.1. The summed E-state index contributed by atoms with van der Waals surface area (Å²) in [7, 11) is 3.49. The van der Waals surface area contributed by atoms with Crippen LogP contribution in [0.25, 0.3) is 0 Å². The summed E-state index contributed by atoms with van der Waals surface area (Å²) in [5.41, 5.74) is 6.34. The van der Waals surface area contributed by atoms with Gasteiger partial charge in [0.1, 0.15) is 0 Å². The molecule has 0 saturated carbocycles. The topological polar surface area (TPSA) is 38.5 Å². The predicted molar refractivity (Wildman–Crippen MR) is 62.7 cm³/mol. The van der Waals surface area contributed by atoms with Crippen LogP contribution >= 0.6 is 0 Å². The van der Waals surface area contributed by atoms with Crippen molar-refractivity contribution in [2.75, 3.05) is 33.9 Å². The van der Waals surface area contributed by atoms with E-state index >= 15 is 0 Å². The Balaban J connectivity index is 2.81. The van der Waals surface area contributed by atoms with Gasteiger partial charge < -0.3 is 10.5 Å². The van der Waals surface area contributed by atoms with Crippen LogP contribution in [0.15, 0.2) is 18.2 Å². The minimum Gasteiger partial charge on any atom is -0.383 e. The number of halogens is 2. The summed E-state index contributed by atoms with van der Waals surface area (Å²) in [5, 5.41) is 0. The van der Waals surface area contributed by atoms with Crippen LogP contribution in [0.2, 0.25) is 0 Å². The summed E-state index contributed by atoms with van der Waals surface area (Å²) in [6.07, 6.45) is 0. The Morgan fingerprint density at radius 3 is 2.59 bits per heavy atom. The monoisotopic (exact) mass is 244 g/mol. The van der Waals surface area contributed by atoms with Crippen molar-refractivity contribution in [1.82, 2.24) is 4.90 Å². The second kappa shape index (κ2) is 6.64. The molecule has 1 unspecified atom stereocenters. The van der Waals surface area contributed by atoms with Crippen molar-refractivity contribution in [1.29, 1.82) is 0 Å². The van der Waals surface area contributed by atoms with E-state index < -0.39 is 11.6 Å². The van der Waals surface area contributed by atoms with Crippen molar-refractivity contribution in [3.05, 3.63) is 35.4 Å². The second-order valence-corrected chi connectivity index (χ2v) is 3.90. The standard InChI is InChI=1S/C12H18F2N2O/c1-16(5-6-17-2)12(8-15)9-3-4-10(13)11(14)7-9/h3-4,7,12H,5-6,8,15H2,1-2H3. The van der Waals surface area contributed by atoms with Crippen molar-refractivity contribution < 1.29 is 13.5 Å². The van der Waals surface area contributed by atoms with Crippen LogP contribution in [-0.2, 0) is 4.74 Å². The molecule has 17 heavy (non-hydrogen) atoms. The SMILES string of the molecule is COCCN(C)C(CN)c1ccc(F)c(F)c1. The van der Waals surface area contributed by atoms with E-state index in [0.717, 1.165) is 6.07 Å². The summed E-state index contributed by atoms with van der Waals surface area (Å²) in [5.74, 6) is -1.69. The van der Waals surface area contributed by atoms with Crippen LogP contribution < -0.4 is 5.73 Å². The first kappa shape index (κ1) is 14.0. The lowest BCUT2D eigenvalue weighted by Gasteiger charge is -2.27. The van der Waals surface area contributed by atoms with Crippen LogP contribution in [-0.4, -0.2) is 38.8 Å². The van der Waals surface area contributed by atoms with Crippen LogP contribution in [0.3, 0.4) is 0 Å². The molecule has 0 aliphatic heterocycles. The molecule has 0 aliphatic rings. The van der Waals surface area contributed by atoms with Gasteiger partial charge >= 0.3 is 0 Å². The number of hydrogen-bond donors (Lipinski definition) is 1. The minimum atomic E-state index is -0.846. The molecule has 0 aliphatic carbocycles. The van der Waals surface area contributed by atoms with Crippen LogP contribution in [0.4, 0.5) is 8.78 Å². The number of likely N-dealkylation sites (N-methyl/N-ethyl adjacent to an activating group) is 1. The van der Waals surface area contributed by atoms with Gasteiger partial charge in [0.15, 0.2) is 11.6 Å². The minimum absolute atomic E-state index is 0.139. The Kier molecular flexibility index (Phi) is 5.47. The predicted octanol–water partition coefficient (Wildman–Crippen LogP) is 1.54. The number of rotatable bonds is 6. The van der Waals surface area contributed by atoms with Gasteiger partial charge in [-0.1, -0.05) is 6.07 Å². The summed E-state index contributed by atoms with van der Waals surface area (Å²) in [4.78, 5) is 1.95. The summed E-state index contributed by atoms with van der Waals surface area (Å²) in [6.45, 7) is 1.58. The Bertz CT molecular complexity index is 360. The largest absolute Gasteiger partial charge is 0.383 e. The van der Waals surface area contributed by atoms with Gasteiger partial charge in [0, 0.05) is 26.2 Å². The molecule has 0 saturated heterocycles. The lowest BCUT2D eigenvalue weighted by molar-refractivity contribution is 0.140. The first-order valence-electron chi connectivity index (χ1n) is 5.44. The molecule has 0 heterocycles. The van der Waals surface area contributed by atoms with Crippen molar-refractivity contribution in [2.45, 2.75) is 6.04 Å². The highest BCUT2D eigenvalue weighted by Crippen LogP contribution is 2.20. The van der Waals surface area contributed by atoms with Gasteiger partial charge in [-0.05, 0) is 24.7 Å². The molecule has 1 atom stereocenters. The molecule has 3 nitrogen and oxygen atoms in total. The van der Waals surface area contributed by atoms with E-state index in [-0.39, 0.29) is 6.04 Å². The summed E-state index contributed by atoms with van der Waals surface area (Å²) in [6, 6.07) is 3.73. The van der Waals surface area contributed by atoms with E-state index in [0.29, 0.717) is 25.3 Å². The van der Waals surface area contributed by atoms with E-state index in [4.69, 9.17) is 10.5 Å². The molecule has 0 amide bonds. The van der Waals surface area contributed by atoms with Crippen LogP contribution in [0.1, 0.15) is 11.6 Å². The smallest absolute Gasteiger partial charge is 0.159 e. The fourth-order valence-electron chi connectivity index (χ4n) is 1.68. The molecule has 5 heteroatoms. The van der Waals surface area contributed by atoms with Gasteiger partial charge in [0.25, 0.3) is 0 Å². The Morgan fingerprint density at radius 2 is 2.06 bits per heavy atom. The van der Waals surface area contributed by atoms with Gasteiger partial charge in [-0.25, -0.2) is 8.78 Å². The van der Waals surface area contributed by atoms with Crippen molar-refractivity contribution in [2.24, 2.45) is 5.73 Å². The average molecular weight is 244 g/mol. The molecule has 1 aromatic rings. The Hall–Kier alpha value is -1.04. The molecule has 1 aromatic carbocycles. The molecular weight excluding hydrogens is 226 g/mol. The highest BCUT2D eigenvalue weighted by atomic mass is 19.2. The third-order valence-corrected chi connectivity index (χ3v) is 2.73. The Labute approximate surface area is 100 Å². The van der Waals surface area contributed by atoms with Crippen molar-refractivity contribution in [3.8, 4) is 0 Å². The highest BCUT2D eigenvalue weighted by molar-refractivity contribution is 5.21. The molecule has 0 bridgehead atoms. The molecule has 1 rings (SSSR count). The molecule has 0 spiro atoms. The quantitative estimate of drug-likeness (QED) is 0.825. The zero-order chi connectivity index (χ0) is 12.8. The number of methoxy groups -OCH3 is 1. The summed E-state index contributed by atoms with van der Waals surface area (Å²) >= 11 is 0. The van der Waals surface area contributed by atoms with Crippen LogP contribution in [0.5, 0.6) is 0 Å². The zero-order valence-corrected chi connectivity index (χ0v) is 10.1. The first-order chi connectivity index (χ1) is 8.10. The van der Waals surface area contributed by atoms with E-state index in [9.17, 15) is 8.78 Å². The molecule has 96 valence electrons.